The van der Waals surface area contributed by atoms with Gasteiger partial charge in [-0.3, -0.25) is 14.4 Å². The lowest BCUT2D eigenvalue weighted by Crippen LogP contribution is -2.67. The summed E-state index contributed by atoms with van der Waals surface area (Å²) in [4.78, 5) is 46.6. The van der Waals surface area contributed by atoms with E-state index >= 15 is 0 Å². The zero-order chi connectivity index (χ0) is 32.4. The number of carbonyl (C=O) groups excluding carboxylic acids is 3. The van der Waals surface area contributed by atoms with Crippen molar-refractivity contribution in [2.24, 2.45) is 5.92 Å². The molecule has 3 aliphatic heterocycles. The average Bonchev–Trinajstić information content (AvgIpc) is 3.60. The van der Waals surface area contributed by atoms with E-state index in [9.17, 15) is 14.4 Å². The van der Waals surface area contributed by atoms with E-state index in [1.165, 1.54) is 0 Å². The number of ether oxygens (including phenoxy) is 2. The standard InChI is InChI=1S/C35H46ClN5O5/c1-4-27(37-3)33(42)38-31(21-12-14-45-15-13-21)35(44)41-19-25-17-23-16-24(36)10-11-28(23)40(25)20-29(41)34(43)39-32-26-9-7-6-8-22(26)18-30(32)46-5-2/h6-11,16,21,25,27,29-32,37H,4-5,12-15,17-20H2,1-3H3,(H,38,42)(H,39,43)/t25-,27-,29-,30-,31-,32-/m0/s1. The van der Waals surface area contributed by atoms with Crippen LogP contribution in [0, 0.1) is 5.92 Å². The van der Waals surface area contributed by atoms with Crippen molar-refractivity contribution in [1.29, 1.82) is 0 Å². The highest BCUT2D eigenvalue weighted by Crippen LogP contribution is 2.38. The second-order valence-corrected chi connectivity index (χ2v) is 13.3. The Morgan fingerprint density at radius 3 is 2.57 bits per heavy atom. The molecule has 0 unspecified atom stereocenters. The van der Waals surface area contributed by atoms with Crippen LogP contribution in [0.1, 0.15) is 55.8 Å². The van der Waals surface area contributed by atoms with Crippen LogP contribution in [-0.2, 0) is 36.7 Å². The third-order valence-corrected chi connectivity index (χ3v) is 10.5. The Balaban J connectivity index is 1.32. The van der Waals surface area contributed by atoms with Crippen LogP contribution in [0.4, 0.5) is 5.69 Å². The molecule has 11 heteroatoms. The molecule has 0 aromatic heterocycles. The van der Waals surface area contributed by atoms with Gasteiger partial charge in [-0.15, -0.1) is 0 Å². The van der Waals surface area contributed by atoms with Crippen LogP contribution in [-0.4, -0.2) is 92.9 Å². The van der Waals surface area contributed by atoms with Crippen LogP contribution in [0.2, 0.25) is 5.02 Å². The summed E-state index contributed by atoms with van der Waals surface area (Å²) in [5.41, 5.74) is 4.37. The second kappa shape index (κ2) is 14.3. The van der Waals surface area contributed by atoms with Crippen LogP contribution in [0.5, 0.6) is 0 Å². The van der Waals surface area contributed by atoms with Gasteiger partial charge in [-0.1, -0.05) is 42.8 Å². The summed E-state index contributed by atoms with van der Waals surface area (Å²) in [5.74, 6) is -0.739. The molecule has 2 saturated heterocycles. The molecule has 0 bridgehead atoms. The molecule has 248 valence electrons. The molecule has 10 nitrogen and oxygen atoms in total. The zero-order valence-corrected chi connectivity index (χ0v) is 27.7. The summed E-state index contributed by atoms with van der Waals surface area (Å²) in [6.45, 7) is 6.19. The number of piperazine rings is 1. The highest BCUT2D eigenvalue weighted by Gasteiger charge is 2.47. The maximum Gasteiger partial charge on any atom is 0.246 e. The number of hydrogen-bond donors (Lipinski definition) is 3. The first kappa shape index (κ1) is 32.7. The Morgan fingerprint density at radius 1 is 1.04 bits per heavy atom. The SMILES string of the molecule is CCO[C@H]1Cc2ccccc2[C@@H]1NC(=O)[C@@H]1CN2c3ccc(Cl)cc3C[C@H]2CN1C(=O)[C@@H](NC(=O)[C@H](CC)NC)C1CCOCC1. The number of benzene rings is 2. The summed E-state index contributed by atoms with van der Waals surface area (Å²) < 4.78 is 11.7. The van der Waals surface area contributed by atoms with E-state index in [0.29, 0.717) is 63.6 Å². The summed E-state index contributed by atoms with van der Waals surface area (Å²) in [7, 11) is 1.75. The lowest BCUT2D eigenvalue weighted by atomic mass is 9.89. The summed E-state index contributed by atoms with van der Waals surface area (Å²) in [6.07, 6.45) is 3.16. The molecule has 3 N–H and O–H groups in total. The highest BCUT2D eigenvalue weighted by molar-refractivity contribution is 6.30. The fourth-order valence-corrected chi connectivity index (χ4v) is 8.00. The molecule has 0 spiro atoms. The molecule has 2 fully saturated rings. The van der Waals surface area contributed by atoms with Gasteiger partial charge in [0.15, 0.2) is 0 Å². The molecule has 6 rings (SSSR count). The molecule has 3 heterocycles. The summed E-state index contributed by atoms with van der Waals surface area (Å²) in [5, 5.41) is 10.1. The minimum absolute atomic E-state index is 0.00316. The number of halogens is 1. The van der Waals surface area contributed by atoms with Crippen molar-refractivity contribution in [3.05, 3.63) is 64.2 Å². The van der Waals surface area contributed by atoms with Crippen LogP contribution >= 0.6 is 11.6 Å². The van der Waals surface area contributed by atoms with Gasteiger partial charge in [0.1, 0.15) is 12.1 Å². The largest absolute Gasteiger partial charge is 0.381 e. The molecular weight excluding hydrogens is 606 g/mol. The van der Waals surface area contributed by atoms with Crippen LogP contribution < -0.4 is 20.9 Å². The number of nitrogens with one attached hydrogen (secondary N) is 3. The van der Waals surface area contributed by atoms with E-state index in [1.807, 2.05) is 50.2 Å². The molecular formula is C35H46ClN5O5. The van der Waals surface area contributed by atoms with Crippen molar-refractivity contribution >= 4 is 35.0 Å². The quantitative estimate of drug-likeness (QED) is 0.362. The van der Waals surface area contributed by atoms with Gasteiger partial charge in [0, 0.05) is 50.0 Å². The van der Waals surface area contributed by atoms with E-state index in [4.69, 9.17) is 21.1 Å². The smallest absolute Gasteiger partial charge is 0.246 e. The molecule has 2 aromatic carbocycles. The van der Waals surface area contributed by atoms with Crippen molar-refractivity contribution in [2.45, 2.75) is 82.3 Å². The predicted octanol–water partition coefficient (Wildman–Crippen LogP) is 3.01. The zero-order valence-electron chi connectivity index (χ0n) is 27.0. The number of likely N-dealkylation sites (N-methyl/N-ethyl adjacent to an activating group) is 1. The Labute approximate surface area is 276 Å². The van der Waals surface area contributed by atoms with Gasteiger partial charge in [0.05, 0.1) is 24.2 Å². The number of rotatable bonds is 10. The number of nitrogens with zero attached hydrogens (tertiary/aromatic N) is 2. The highest BCUT2D eigenvalue weighted by atomic mass is 35.5. The minimum Gasteiger partial charge on any atom is -0.381 e. The van der Waals surface area contributed by atoms with Gasteiger partial charge in [-0.2, -0.15) is 0 Å². The van der Waals surface area contributed by atoms with E-state index in [-0.39, 0.29) is 41.8 Å². The molecule has 3 amide bonds. The maximum atomic E-state index is 14.8. The van der Waals surface area contributed by atoms with E-state index in [2.05, 4.69) is 26.9 Å². The molecule has 46 heavy (non-hydrogen) atoms. The number of carbonyl (C=O) groups is 3. The minimum atomic E-state index is -0.772. The van der Waals surface area contributed by atoms with E-state index in [0.717, 1.165) is 28.8 Å². The lowest BCUT2D eigenvalue weighted by molar-refractivity contribution is -0.147. The van der Waals surface area contributed by atoms with Crippen molar-refractivity contribution in [1.82, 2.24) is 20.9 Å². The molecule has 2 aromatic rings. The molecule has 4 aliphatic rings. The fourth-order valence-electron chi connectivity index (χ4n) is 7.81. The molecule has 6 atom stereocenters. The van der Waals surface area contributed by atoms with E-state index < -0.39 is 18.1 Å². The predicted molar refractivity (Wildman–Crippen MR) is 177 cm³/mol. The average molecular weight is 652 g/mol. The number of hydrogen-bond acceptors (Lipinski definition) is 7. The topological polar surface area (TPSA) is 112 Å². The Morgan fingerprint density at radius 2 is 1.83 bits per heavy atom. The van der Waals surface area contributed by atoms with Crippen molar-refractivity contribution in [3.8, 4) is 0 Å². The molecule has 0 saturated carbocycles. The van der Waals surface area contributed by atoms with Gasteiger partial charge in [-0.25, -0.2) is 0 Å². The normalized spacial score (nSPS) is 25.3. The van der Waals surface area contributed by atoms with Gasteiger partial charge < -0.3 is 35.2 Å². The van der Waals surface area contributed by atoms with Crippen LogP contribution in [0.25, 0.3) is 0 Å². The van der Waals surface area contributed by atoms with Gasteiger partial charge in [0.2, 0.25) is 17.7 Å². The third-order valence-electron chi connectivity index (χ3n) is 10.2. The molecule has 0 radical (unpaired) electrons. The Bertz CT molecular complexity index is 1430. The summed E-state index contributed by atoms with van der Waals surface area (Å²) >= 11 is 6.37. The maximum absolute atomic E-state index is 14.8. The lowest BCUT2D eigenvalue weighted by Gasteiger charge is -2.46. The second-order valence-electron chi connectivity index (χ2n) is 12.9. The number of amides is 3. The number of anilines is 1. The van der Waals surface area contributed by atoms with Crippen LogP contribution in [0.3, 0.4) is 0 Å². The first-order chi connectivity index (χ1) is 22.3. The van der Waals surface area contributed by atoms with Gasteiger partial charge in [0.25, 0.3) is 0 Å². The monoisotopic (exact) mass is 651 g/mol. The van der Waals surface area contributed by atoms with Crippen molar-refractivity contribution in [2.75, 3.05) is 44.9 Å². The van der Waals surface area contributed by atoms with Crippen molar-refractivity contribution < 1.29 is 23.9 Å². The van der Waals surface area contributed by atoms with Gasteiger partial charge >= 0.3 is 0 Å². The number of fused-ring (bicyclic) bond motifs is 4. The summed E-state index contributed by atoms with van der Waals surface area (Å²) in [6, 6.07) is 11.7. The Kier molecular flexibility index (Phi) is 10.2. The first-order valence-electron chi connectivity index (χ1n) is 16.7. The van der Waals surface area contributed by atoms with Gasteiger partial charge in [-0.05, 0) is 80.5 Å². The molecule has 1 aliphatic carbocycles. The Hall–Kier alpha value is -3.18. The van der Waals surface area contributed by atoms with Crippen LogP contribution in [0.15, 0.2) is 42.5 Å². The third kappa shape index (κ3) is 6.50. The van der Waals surface area contributed by atoms with Crippen molar-refractivity contribution in [3.63, 3.8) is 0 Å². The van der Waals surface area contributed by atoms with E-state index in [1.54, 1.807) is 11.9 Å². The fraction of sp³-hybridized carbons (Fsp3) is 0.571. The first-order valence-corrected chi connectivity index (χ1v) is 17.1.